The second-order valence-corrected chi connectivity index (χ2v) is 8.46. The number of fused-ring (bicyclic) bond motifs is 1. The first kappa shape index (κ1) is 21.9. The van der Waals surface area contributed by atoms with E-state index >= 15 is 0 Å². The molecule has 0 fully saturated rings. The number of carbonyl (C=O) groups excluding carboxylic acids is 3. The number of ether oxygens (including phenoxy) is 1. The number of anilines is 1. The Balaban J connectivity index is 1.21. The Morgan fingerprint density at radius 3 is 2.44 bits per heavy atom. The van der Waals surface area contributed by atoms with Crippen LogP contribution in [0.25, 0.3) is 0 Å². The number of carbonyl (C=O) groups is 3. The van der Waals surface area contributed by atoms with Crippen molar-refractivity contribution in [2.24, 2.45) is 0 Å². The van der Waals surface area contributed by atoms with E-state index in [2.05, 4.69) is 15.5 Å². The number of imide groups is 1. The quantitative estimate of drug-likeness (QED) is 0.376. The van der Waals surface area contributed by atoms with Crippen molar-refractivity contribution < 1.29 is 19.1 Å². The van der Waals surface area contributed by atoms with Gasteiger partial charge in [0.1, 0.15) is 10.8 Å². The van der Waals surface area contributed by atoms with Gasteiger partial charge in [-0.25, -0.2) is 0 Å². The molecule has 1 N–H and O–H groups in total. The van der Waals surface area contributed by atoms with E-state index in [0.717, 1.165) is 0 Å². The van der Waals surface area contributed by atoms with Crippen molar-refractivity contribution in [1.29, 1.82) is 0 Å². The zero-order chi connectivity index (χ0) is 22.5. The first-order chi connectivity index (χ1) is 15.5. The van der Waals surface area contributed by atoms with Crippen LogP contribution in [0.4, 0.5) is 5.13 Å². The summed E-state index contributed by atoms with van der Waals surface area (Å²) in [6, 6.07) is 13.9. The average molecular weight is 471 g/mol. The molecule has 0 aliphatic carbocycles. The Kier molecular flexibility index (Phi) is 6.77. The molecule has 1 aliphatic heterocycles. The molecule has 0 radical (unpaired) electrons. The highest BCUT2D eigenvalue weighted by Gasteiger charge is 2.34. The topological polar surface area (TPSA) is 101 Å². The highest BCUT2D eigenvalue weighted by Crippen LogP contribution is 2.24. The summed E-state index contributed by atoms with van der Waals surface area (Å²) in [7, 11) is 0. The summed E-state index contributed by atoms with van der Waals surface area (Å²) in [4.78, 5) is 38.2. The van der Waals surface area contributed by atoms with E-state index in [0.29, 0.717) is 51.5 Å². The molecule has 0 saturated heterocycles. The van der Waals surface area contributed by atoms with E-state index in [4.69, 9.17) is 16.3 Å². The van der Waals surface area contributed by atoms with Crippen molar-refractivity contribution in [3.63, 3.8) is 0 Å². The fourth-order valence-electron chi connectivity index (χ4n) is 3.21. The molecule has 10 heteroatoms. The molecular weight excluding hydrogens is 452 g/mol. The summed E-state index contributed by atoms with van der Waals surface area (Å²) in [6.07, 6.45) is 1.14. The lowest BCUT2D eigenvalue weighted by atomic mass is 10.1. The summed E-state index contributed by atoms with van der Waals surface area (Å²) < 4.78 is 5.57. The predicted molar refractivity (Wildman–Crippen MR) is 120 cm³/mol. The molecule has 3 aromatic rings. The number of hydrogen-bond acceptors (Lipinski definition) is 7. The monoisotopic (exact) mass is 470 g/mol. The third-order valence-electron chi connectivity index (χ3n) is 4.78. The van der Waals surface area contributed by atoms with Gasteiger partial charge < -0.3 is 10.1 Å². The Morgan fingerprint density at radius 1 is 1.03 bits per heavy atom. The Labute approximate surface area is 193 Å². The van der Waals surface area contributed by atoms with Crippen molar-refractivity contribution >= 4 is 45.8 Å². The van der Waals surface area contributed by atoms with E-state index in [-0.39, 0.29) is 30.7 Å². The number of nitrogens with one attached hydrogen (secondary N) is 1. The van der Waals surface area contributed by atoms with Crippen molar-refractivity contribution in [3.8, 4) is 5.75 Å². The number of nitrogens with zero attached hydrogens (tertiary/aromatic N) is 3. The van der Waals surface area contributed by atoms with Gasteiger partial charge in [-0.15, -0.1) is 10.2 Å². The SMILES string of the molecule is O=C(CCCOc1ccccc1Cl)Nc1nnc(CCN2C(=O)c3ccccc3C2=O)s1. The van der Waals surface area contributed by atoms with Gasteiger partial charge in [-0.3, -0.25) is 19.3 Å². The summed E-state index contributed by atoms with van der Waals surface area (Å²) in [6.45, 7) is 0.563. The summed E-state index contributed by atoms with van der Waals surface area (Å²) in [5.41, 5.74) is 0.836. The molecule has 1 aromatic heterocycles. The number of halogens is 1. The minimum atomic E-state index is -0.303. The fourth-order valence-corrected chi connectivity index (χ4v) is 4.15. The Hall–Kier alpha value is -3.30. The van der Waals surface area contributed by atoms with Crippen LogP contribution in [-0.2, 0) is 11.2 Å². The van der Waals surface area contributed by atoms with E-state index in [1.54, 1.807) is 36.4 Å². The fraction of sp³-hybridized carbons (Fsp3) is 0.227. The first-order valence-corrected chi connectivity index (χ1v) is 11.2. The number of aromatic nitrogens is 2. The average Bonchev–Trinajstić information content (AvgIpc) is 3.33. The molecule has 2 aromatic carbocycles. The van der Waals surface area contributed by atoms with E-state index in [1.165, 1.54) is 16.2 Å². The molecule has 4 rings (SSSR count). The second kappa shape index (κ2) is 9.88. The van der Waals surface area contributed by atoms with Gasteiger partial charge in [-0.2, -0.15) is 0 Å². The molecule has 0 spiro atoms. The van der Waals surface area contributed by atoms with Crippen LogP contribution in [0.2, 0.25) is 5.02 Å². The van der Waals surface area contributed by atoms with Crippen LogP contribution in [0.5, 0.6) is 5.75 Å². The van der Waals surface area contributed by atoms with Gasteiger partial charge in [-0.05, 0) is 30.7 Å². The van der Waals surface area contributed by atoms with Gasteiger partial charge in [-0.1, -0.05) is 47.2 Å². The van der Waals surface area contributed by atoms with Crippen LogP contribution in [-0.4, -0.2) is 46.0 Å². The van der Waals surface area contributed by atoms with E-state index in [9.17, 15) is 14.4 Å². The number of benzene rings is 2. The van der Waals surface area contributed by atoms with Crippen molar-refractivity contribution in [2.45, 2.75) is 19.3 Å². The first-order valence-electron chi connectivity index (χ1n) is 9.97. The van der Waals surface area contributed by atoms with Gasteiger partial charge in [0.15, 0.2) is 0 Å². The molecule has 32 heavy (non-hydrogen) atoms. The maximum atomic E-state index is 12.4. The lowest BCUT2D eigenvalue weighted by Gasteiger charge is -2.12. The Morgan fingerprint density at radius 2 is 1.72 bits per heavy atom. The number of para-hydroxylation sites is 1. The summed E-state index contributed by atoms with van der Waals surface area (Å²) in [5, 5.41) is 12.2. The normalized spacial score (nSPS) is 12.7. The molecule has 2 heterocycles. The standard InChI is InChI=1S/C22H19ClN4O4S/c23-16-8-3-4-9-17(16)31-13-5-10-18(28)24-22-26-25-19(32-22)11-12-27-20(29)14-6-1-2-7-15(14)21(27)30/h1-4,6-9H,5,10-13H2,(H,24,26,28). The molecule has 0 bridgehead atoms. The maximum absolute atomic E-state index is 12.4. The minimum Gasteiger partial charge on any atom is -0.492 e. The molecule has 0 atom stereocenters. The van der Waals surface area contributed by atoms with E-state index < -0.39 is 0 Å². The van der Waals surface area contributed by atoms with Crippen LogP contribution in [0, 0.1) is 0 Å². The zero-order valence-electron chi connectivity index (χ0n) is 16.9. The Bertz CT molecular complexity index is 1130. The van der Waals surface area contributed by atoms with Gasteiger partial charge >= 0.3 is 0 Å². The molecule has 0 unspecified atom stereocenters. The van der Waals surface area contributed by atoms with Crippen LogP contribution in [0.3, 0.4) is 0 Å². The van der Waals surface area contributed by atoms with Crippen molar-refractivity contribution in [2.75, 3.05) is 18.5 Å². The number of hydrogen-bond donors (Lipinski definition) is 1. The van der Waals surface area contributed by atoms with Crippen LogP contribution in [0.15, 0.2) is 48.5 Å². The van der Waals surface area contributed by atoms with E-state index in [1.807, 2.05) is 12.1 Å². The van der Waals surface area contributed by atoms with Crippen LogP contribution >= 0.6 is 22.9 Å². The molecule has 3 amide bonds. The van der Waals surface area contributed by atoms with Gasteiger partial charge in [0.2, 0.25) is 11.0 Å². The largest absolute Gasteiger partial charge is 0.492 e. The van der Waals surface area contributed by atoms with Crippen molar-refractivity contribution in [1.82, 2.24) is 15.1 Å². The van der Waals surface area contributed by atoms with Crippen LogP contribution < -0.4 is 10.1 Å². The predicted octanol–water partition coefficient (Wildman–Crippen LogP) is 3.83. The highest BCUT2D eigenvalue weighted by molar-refractivity contribution is 7.15. The van der Waals surface area contributed by atoms with Gasteiger partial charge in [0, 0.05) is 19.4 Å². The van der Waals surface area contributed by atoms with Gasteiger partial charge in [0.05, 0.1) is 22.8 Å². The molecule has 8 nitrogen and oxygen atoms in total. The molecule has 1 aliphatic rings. The highest BCUT2D eigenvalue weighted by atomic mass is 35.5. The smallest absolute Gasteiger partial charge is 0.261 e. The summed E-state index contributed by atoms with van der Waals surface area (Å²) >= 11 is 7.24. The third kappa shape index (κ3) is 4.95. The van der Waals surface area contributed by atoms with Crippen LogP contribution in [0.1, 0.15) is 38.6 Å². The molecular formula is C22H19ClN4O4S. The minimum absolute atomic E-state index is 0.198. The number of rotatable bonds is 9. The number of amides is 3. The zero-order valence-corrected chi connectivity index (χ0v) is 18.5. The maximum Gasteiger partial charge on any atom is 0.261 e. The lowest BCUT2D eigenvalue weighted by Crippen LogP contribution is -2.31. The van der Waals surface area contributed by atoms with Gasteiger partial charge in [0.25, 0.3) is 11.8 Å². The third-order valence-corrected chi connectivity index (χ3v) is 5.99. The lowest BCUT2D eigenvalue weighted by molar-refractivity contribution is -0.116. The van der Waals surface area contributed by atoms with Crippen molar-refractivity contribution in [3.05, 3.63) is 69.7 Å². The molecule has 0 saturated carbocycles. The molecule has 164 valence electrons. The second-order valence-electron chi connectivity index (χ2n) is 6.99. The summed E-state index contributed by atoms with van der Waals surface area (Å²) in [5.74, 6) is -0.220.